The quantitative estimate of drug-likeness (QED) is 0.905. The lowest BCUT2D eigenvalue weighted by atomic mass is 9.69. The van der Waals surface area contributed by atoms with Crippen molar-refractivity contribution in [3.63, 3.8) is 0 Å². The fraction of sp³-hybridized carbons (Fsp3) is 0.625. The molecule has 104 valence electrons. The number of nitrogens with one attached hydrogen (secondary N) is 1. The average molecular weight is 280 g/mol. The molecule has 1 aliphatic carbocycles. The van der Waals surface area contributed by atoms with Crippen LogP contribution in [0.2, 0.25) is 5.02 Å². The van der Waals surface area contributed by atoms with Crippen molar-refractivity contribution in [3.05, 3.63) is 34.9 Å². The molecule has 2 aliphatic rings. The molecular formula is C16H22ClNO. The van der Waals surface area contributed by atoms with Crippen LogP contribution in [-0.4, -0.2) is 19.3 Å². The third kappa shape index (κ3) is 2.67. The van der Waals surface area contributed by atoms with Crippen molar-refractivity contribution in [1.29, 1.82) is 0 Å². The first kappa shape index (κ1) is 13.4. The summed E-state index contributed by atoms with van der Waals surface area (Å²) in [5.74, 6) is 0.650. The van der Waals surface area contributed by atoms with Crippen LogP contribution in [0.1, 0.15) is 43.7 Å². The molecule has 3 rings (SSSR count). The summed E-state index contributed by atoms with van der Waals surface area (Å²) in [5.41, 5.74) is 1.51. The molecule has 1 aliphatic heterocycles. The minimum absolute atomic E-state index is 0.205. The lowest BCUT2D eigenvalue weighted by Gasteiger charge is -2.48. The standard InChI is InChI=1S/C16H22ClNO/c1-18-15(12-4-2-5-14(17)10-12)13-6-9-19-16(11-13)7-3-8-16/h2,4-5,10,13,15,18H,3,6-9,11H2,1H3. The molecule has 19 heavy (non-hydrogen) atoms. The minimum Gasteiger partial charge on any atom is -0.375 e. The number of rotatable bonds is 3. The Hall–Kier alpha value is -0.570. The van der Waals surface area contributed by atoms with E-state index in [2.05, 4.69) is 24.5 Å². The number of hydrogen-bond donors (Lipinski definition) is 1. The van der Waals surface area contributed by atoms with E-state index in [-0.39, 0.29) is 5.60 Å². The van der Waals surface area contributed by atoms with Crippen LogP contribution in [0.5, 0.6) is 0 Å². The van der Waals surface area contributed by atoms with Gasteiger partial charge in [-0.1, -0.05) is 23.7 Å². The highest BCUT2D eigenvalue weighted by atomic mass is 35.5. The summed E-state index contributed by atoms with van der Waals surface area (Å²) < 4.78 is 6.03. The summed E-state index contributed by atoms with van der Waals surface area (Å²) in [6.45, 7) is 0.906. The lowest BCUT2D eigenvalue weighted by molar-refractivity contribution is -0.147. The fourth-order valence-corrected chi connectivity index (χ4v) is 3.84. The number of hydrogen-bond acceptors (Lipinski definition) is 2. The largest absolute Gasteiger partial charge is 0.375 e. The van der Waals surface area contributed by atoms with Crippen LogP contribution in [0.25, 0.3) is 0 Å². The molecule has 1 heterocycles. The van der Waals surface area contributed by atoms with Gasteiger partial charge in [0.05, 0.1) is 5.60 Å². The smallest absolute Gasteiger partial charge is 0.0686 e. The highest BCUT2D eigenvalue weighted by Crippen LogP contribution is 2.47. The summed E-state index contributed by atoms with van der Waals surface area (Å²) in [7, 11) is 2.05. The van der Waals surface area contributed by atoms with E-state index < -0.39 is 0 Å². The van der Waals surface area contributed by atoms with E-state index in [1.807, 2.05) is 12.1 Å². The van der Waals surface area contributed by atoms with Crippen LogP contribution < -0.4 is 5.32 Å². The van der Waals surface area contributed by atoms with Gasteiger partial charge in [-0.05, 0) is 62.8 Å². The van der Waals surface area contributed by atoms with Gasteiger partial charge in [0.25, 0.3) is 0 Å². The topological polar surface area (TPSA) is 21.3 Å². The van der Waals surface area contributed by atoms with Gasteiger partial charge < -0.3 is 10.1 Å². The molecule has 0 radical (unpaired) electrons. The van der Waals surface area contributed by atoms with Crippen LogP contribution in [0.4, 0.5) is 0 Å². The Morgan fingerprint density at radius 2 is 2.26 bits per heavy atom. The maximum absolute atomic E-state index is 6.13. The molecule has 1 spiro atoms. The van der Waals surface area contributed by atoms with Gasteiger partial charge in [-0.3, -0.25) is 0 Å². The second kappa shape index (κ2) is 5.43. The highest BCUT2D eigenvalue weighted by molar-refractivity contribution is 6.30. The third-order valence-corrected chi connectivity index (χ3v) is 5.02. The Kier molecular flexibility index (Phi) is 3.84. The number of halogens is 1. The summed E-state index contributed by atoms with van der Waals surface area (Å²) >= 11 is 6.13. The third-order valence-electron chi connectivity index (χ3n) is 4.79. The molecule has 1 N–H and O–H groups in total. The van der Waals surface area contributed by atoms with Crippen LogP contribution in [0.15, 0.2) is 24.3 Å². The van der Waals surface area contributed by atoms with Gasteiger partial charge in [-0.2, -0.15) is 0 Å². The molecule has 2 unspecified atom stereocenters. The van der Waals surface area contributed by atoms with E-state index in [1.54, 1.807) is 0 Å². The molecule has 0 amide bonds. The van der Waals surface area contributed by atoms with Gasteiger partial charge in [-0.25, -0.2) is 0 Å². The van der Waals surface area contributed by atoms with Gasteiger partial charge in [0.1, 0.15) is 0 Å². The predicted molar refractivity (Wildman–Crippen MR) is 78.5 cm³/mol. The zero-order valence-electron chi connectivity index (χ0n) is 11.5. The van der Waals surface area contributed by atoms with E-state index in [1.165, 1.54) is 31.2 Å². The van der Waals surface area contributed by atoms with Gasteiger partial charge in [0.2, 0.25) is 0 Å². The van der Waals surface area contributed by atoms with Crippen molar-refractivity contribution >= 4 is 11.6 Å². The molecule has 1 aromatic carbocycles. The lowest BCUT2D eigenvalue weighted by Crippen LogP contribution is -2.47. The first-order valence-electron chi connectivity index (χ1n) is 7.29. The molecule has 0 bridgehead atoms. The van der Waals surface area contributed by atoms with Crippen LogP contribution in [-0.2, 0) is 4.74 Å². The van der Waals surface area contributed by atoms with Gasteiger partial charge in [0.15, 0.2) is 0 Å². The molecule has 2 nitrogen and oxygen atoms in total. The van der Waals surface area contributed by atoms with Crippen LogP contribution >= 0.6 is 11.6 Å². The normalized spacial score (nSPS) is 26.9. The molecule has 2 fully saturated rings. The Bertz CT molecular complexity index is 444. The zero-order chi connectivity index (χ0) is 13.3. The highest BCUT2D eigenvalue weighted by Gasteiger charge is 2.44. The average Bonchev–Trinajstić information content (AvgIpc) is 2.38. The Morgan fingerprint density at radius 3 is 2.89 bits per heavy atom. The van der Waals surface area contributed by atoms with Crippen LogP contribution in [0.3, 0.4) is 0 Å². The molecule has 1 aromatic rings. The predicted octanol–water partition coefficient (Wildman–Crippen LogP) is 3.95. The van der Waals surface area contributed by atoms with Gasteiger partial charge >= 0.3 is 0 Å². The monoisotopic (exact) mass is 279 g/mol. The second-order valence-electron chi connectivity index (χ2n) is 5.96. The molecule has 3 heteroatoms. The van der Waals surface area contributed by atoms with Gasteiger partial charge in [0, 0.05) is 17.7 Å². The second-order valence-corrected chi connectivity index (χ2v) is 6.40. The first-order chi connectivity index (χ1) is 9.22. The van der Waals surface area contributed by atoms with Crippen molar-refractivity contribution in [2.45, 2.75) is 43.7 Å². The first-order valence-corrected chi connectivity index (χ1v) is 7.67. The Labute approximate surface area is 120 Å². The molecule has 1 saturated carbocycles. The molecule has 0 aromatic heterocycles. The van der Waals surface area contributed by atoms with E-state index in [0.717, 1.165) is 18.1 Å². The minimum atomic E-state index is 0.205. The van der Waals surface area contributed by atoms with E-state index >= 15 is 0 Å². The van der Waals surface area contributed by atoms with Crippen molar-refractivity contribution in [2.24, 2.45) is 5.92 Å². The van der Waals surface area contributed by atoms with Crippen molar-refractivity contribution in [3.8, 4) is 0 Å². The summed E-state index contributed by atoms with van der Waals surface area (Å²) in [6, 6.07) is 8.64. The van der Waals surface area contributed by atoms with Gasteiger partial charge in [-0.15, -0.1) is 0 Å². The summed E-state index contributed by atoms with van der Waals surface area (Å²) in [6.07, 6.45) is 6.14. The Morgan fingerprint density at radius 1 is 1.42 bits per heavy atom. The Balaban J connectivity index is 1.78. The SMILES string of the molecule is CNC(c1cccc(Cl)c1)C1CCOC2(CCC2)C1. The van der Waals surface area contributed by atoms with Crippen LogP contribution in [0, 0.1) is 5.92 Å². The number of benzene rings is 1. The van der Waals surface area contributed by atoms with E-state index in [9.17, 15) is 0 Å². The zero-order valence-corrected chi connectivity index (χ0v) is 12.2. The van der Waals surface area contributed by atoms with Crippen molar-refractivity contribution in [2.75, 3.05) is 13.7 Å². The summed E-state index contributed by atoms with van der Waals surface area (Å²) in [4.78, 5) is 0. The maximum Gasteiger partial charge on any atom is 0.0686 e. The summed E-state index contributed by atoms with van der Waals surface area (Å²) in [5, 5.41) is 4.31. The van der Waals surface area contributed by atoms with E-state index in [0.29, 0.717) is 12.0 Å². The molecule has 2 atom stereocenters. The van der Waals surface area contributed by atoms with Crippen molar-refractivity contribution in [1.82, 2.24) is 5.32 Å². The maximum atomic E-state index is 6.13. The molecule has 1 saturated heterocycles. The van der Waals surface area contributed by atoms with E-state index in [4.69, 9.17) is 16.3 Å². The number of ether oxygens (including phenoxy) is 1. The van der Waals surface area contributed by atoms with Crippen molar-refractivity contribution < 1.29 is 4.74 Å². The molecular weight excluding hydrogens is 258 g/mol. The fourth-order valence-electron chi connectivity index (χ4n) is 3.64.